The van der Waals surface area contributed by atoms with Gasteiger partial charge in [-0.05, 0) is 43.5 Å². The van der Waals surface area contributed by atoms with Crippen molar-refractivity contribution in [2.24, 2.45) is 4.99 Å². The van der Waals surface area contributed by atoms with E-state index in [2.05, 4.69) is 4.99 Å². The molecule has 7 nitrogen and oxygen atoms in total. The van der Waals surface area contributed by atoms with Gasteiger partial charge in [-0.25, -0.2) is 16.8 Å². The van der Waals surface area contributed by atoms with Gasteiger partial charge in [0.15, 0.2) is 0 Å². The van der Waals surface area contributed by atoms with Crippen LogP contribution in [0.25, 0.3) is 0 Å². The predicted molar refractivity (Wildman–Crippen MR) is 82.9 cm³/mol. The van der Waals surface area contributed by atoms with Gasteiger partial charge in [-0.15, -0.1) is 0 Å². The fourth-order valence-corrected chi connectivity index (χ4v) is 3.84. The molecule has 1 aliphatic heterocycles. The summed E-state index contributed by atoms with van der Waals surface area (Å²) in [6.45, 7) is 3.67. The zero-order valence-corrected chi connectivity index (χ0v) is 20.4. The number of hydrogen-bond acceptors (Lipinski definition) is 7. The zero-order valence-electron chi connectivity index (χ0n) is 14.8. The summed E-state index contributed by atoms with van der Waals surface area (Å²) in [7, 11) is -8.80. The Balaban J connectivity index is 0.00000288. The van der Waals surface area contributed by atoms with Gasteiger partial charge in [0.1, 0.15) is 10.1 Å². The number of nitrogens with zero attached hydrogens (tertiary/aromatic N) is 1. The minimum atomic E-state index is -4.56. The monoisotopic (exact) mass is 405 g/mol. The van der Waals surface area contributed by atoms with Crippen LogP contribution in [0.5, 0.6) is 0 Å². The molecule has 0 radical (unpaired) electrons. The molecular weight excluding hydrogens is 388 g/mol. The molecule has 11 heteroatoms. The van der Waals surface area contributed by atoms with Crippen LogP contribution in [0.2, 0.25) is 0 Å². The van der Waals surface area contributed by atoms with Crippen molar-refractivity contribution >= 4 is 31.6 Å². The van der Waals surface area contributed by atoms with Crippen LogP contribution >= 0.6 is 0 Å². The Hall–Kier alpha value is 0.710. The van der Waals surface area contributed by atoms with Gasteiger partial charge in [0.05, 0.1) is 20.7 Å². The maximum Gasteiger partial charge on any atom is 1.00 e. The molecule has 0 aliphatic carbocycles. The van der Waals surface area contributed by atoms with Crippen LogP contribution in [-0.2, 0) is 25.7 Å². The third-order valence-electron chi connectivity index (χ3n) is 4.26. The van der Waals surface area contributed by atoms with Crippen LogP contribution in [0.1, 0.15) is 38.7 Å². The molecular formula is C14H17NNa2O6S2. The van der Waals surface area contributed by atoms with E-state index in [1.807, 2.05) is 6.92 Å². The van der Waals surface area contributed by atoms with Crippen molar-refractivity contribution in [1.29, 1.82) is 0 Å². The molecule has 1 heterocycles. The second kappa shape index (κ2) is 9.27. The maximum absolute atomic E-state index is 11.2. The largest absolute Gasteiger partial charge is 1.00 e. The van der Waals surface area contributed by atoms with E-state index in [1.165, 1.54) is 18.2 Å². The molecule has 1 aliphatic rings. The van der Waals surface area contributed by atoms with E-state index in [0.717, 1.165) is 5.71 Å². The number of rotatable bonds is 6. The molecule has 0 N–H and O–H groups in total. The average molecular weight is 405 g/mol. The number of benzene rings is 1. The normalized spacial score (nSPS) is 19.4. The molecule has 2 rings (SSSR count). The van der Waals surface area contributed by atoms with E-state index < -0.39 is 31.4 Å². The van der Waals surface area contributed by atoms with Gasteiger partial charge in [0.25, 0.3) is 0 Å². The van der Waals surface area contributed by atoms with E-state index in [1.54, 1.807) is 6.92 Å². The first-order chi connectivity index (χ1) is 10.4. The summed E-state index contributed by atoms with van der Waals surface area (Å²) in [5, 5.41) is 0. The minimum absolute atomic E-state index is 0. The quantitative estimate of drug-likeness (QED) is 0.268. The molecule has 1 unspecified atom stereocenters. The van der Waals surface area contributed by atoms with Gasteiger partial charge < -0.3 is 9.11 Å². The first kappa shape index (κ1) is 25.7. The third kappa shape index (κ3) is 6.38. The fourth-order valence-electron chi connectivity index (χ4n) is 2.78. The Morgan fingerprint density at radius 3 is 2.20 bits per heavy atom. The van der Waals surface area contributed by atoms with Crippen LogP contribution in [0.15, 0.2) is 28.1 Å². The standard InChI is InChI=1S/C14H19NO6S2.2Na/c1-10-14(2,7-3-4-8-22(16,17)18)12-9-11(23(19,20)21)5-6-13(12)15-10;;/h5-6,9H,3-4,7-8H2,1-2H3,(H,16,17,18)(H,19,20,21);;/q;2*+1/p-2. The smallest absolute Gasteiger partial charge is 0.748 e. The molecule has 1 aromatic carbocycles. The van der Waals surface area contributed by atoms with Gasteiger partial charge in [0, 0.05) is 16.9 Å². The molecule has 1 atom stereocenters. The second-order valence-corrected chi connectivity index (χ2v) is 8.78. The Bertz CT molecular complexity index is 867. The van der Waals surface area contributed by atoms with Crippen LogP contribution in [-0.4, -0.2) is 37.4 Å². The van der Waals surface area contributed by atoms with Crippen molar-refractivity contribution in [3.8, 4) is 0 Å². The second-order valence-electron chi connectivity index (χ2n) is 5.88. The Labute approximate surface area is 192 Å². The Morgan fingerprint density at radius 2 is 1.68 bits per heavy atom. The summed E-state index contributed by atoms with van der Waals surface area (Å²) in [5.41, 5.74) is 1.42. The summed E-state index contributed by atoms with van der Waals surface area (Å²) in [4.78, 5) is 4.09. The fraction of sp³-hybridized carbons (Fsp3) is 0.500. The minimum Gasteiger partial charge on any atom is -0.748 e. The van der Waals surface area contributed by atoms with Gasteiger partial charge in [-0.3, -0.25) is 4.99 Å². The van der Waals surface area contributed by atoms with Gasteiger partial charge in [-0.2, -0.15) is 0 Å². The van der Waals surface area contributed by atoms with Crippen molar-refractivity contribution in [2.45, 2.75) is 43.4 Å². The number of fused-ring (bicyclic) bond motifs is 1. The van der Waals surface area contributed by atoms with Crippen LogP contribution < -0.4 is 59.1 Å². The average Bonchev–Trinajstić information content (AvgIpc) is 2.65. The van der Waals surface area contributed by atoms with Gasteiger partial charge in [-0.1, -0.05) is 13.3 Å². The van der Waals surface area contributed by atoms with Crippen LogP contribution in [0.4, 0.5) is 5.69 Å². The van der Waals surface area contributed by atoms with E-state index >= 15 is 0 Å². The third-order valence-corrected chi connectivity index (χ3v) is 5.88. The molecule has 128 valence electrons. The first-order valence-electron chi connectivity index (χ1n) is 7.03. The summed E-state index contributed by atoms with van der Waals surface area (Å²) in [6, 6.07) is 4.06. The molecule has 25 heavy (non-hydrogen) atoms. The van der Waals surface area contributed by atoms with E-state index in [9.17, 15) is 25.9 Å². The van der Waals surface area contributed by atoms with Crippen molar-refractivity contribution in [3.05, 3.63) is 23.8 Å². The Morgan fingerprint density at radius 1 is 1.08 bits per heavy atom. The van der Waals surface area contributed by atoms with Crippen LogP contribution in [0.3, 0.4) is 0 Å². The van der Waals surface area contributed by atoms with Gasteiger partial charge >= 0.3 is 59.1 Å². The van der Waals surface area contributed by atoms with Crippen molar-refractivity contribution < 1.29 is 85.1 Å². The molecule has 0 saturated heterocycles. The van der Waals surface area contributed by atoms with Gasteiger partial charge in [0.2, 0.25) is 0 Å². The van der Waals surface area contributed by atoms with E-state index in [-0.39, 0.29) is 70.4 Å². The molecule has 1 aromatic rings. The number of aliphatic imine (C=N–C) groups is 1. The summed E-state index contributed by atoms with van der Waals surface area (Å²) in [6.07, 6.45) is 1.20. The van der Waals surface area contributed by atoms with E-state index in [4.69, 9.17) is 0 Å². The molecule has 0 bridgehead atoms. The predicted octanol–water partition coefficient (Wildman–Crippen LogP) is -4.32. The molecule has 0 fully saturated rings. The SMILES string of the molecule is CC1=Nc2ccc(S(=O)(=O)[O-])cc2C1(C)CCCCS(=O)(=O)[O-].[Na+].[Na+]. The summed E-state index contributed by atoms with van der Waals surface area (Å²) < 4.78 is 65.5. The van der Waals surface area contributed by atoms with Crippen molar-refractivity contribution in [3.63, 3.8) is 0 Å². The molecule has 0 saturated carbocycles. The molecule has 0 spiro atoms. The topological polar surface area (TPSA) is 127 Å². The first-order valence-corrected chi connectivity index (χ1v) is 10.0. The Kier molecular flexibility index (Phi) is 9.53. The molecule has 0 aromatic heterocycles. The summed E-state index contributed by atoms with van der Waals surface area (Å²) in [5.74, 6) is -0.429. The van der Waals surface area contributed by atoms with Crippen molar-refractivity contribution in [1.82, 2.24) is 0 Å². The summed E-state index contributed by atoms with van der Waals surface area (Å²) >= 11 is 0. The maximum atomic E-state index is 11.2. The van der Waals surface area contributed by atoms with Crippen molar-refractivity contribution in [2.75, 3.05) is 5.75 Å². The van der Waals surface area contributed by atoms with E-state index in [0.29, 0.717) is 24.1 Å². The molecule has 0 amide bonds. The zero-order chi connectivity index (χ0) is 17.5. The van der Waals surface area contributed by atoms with Crippen LogP contribution in [0, 0.1) is 0 Å². The number of unbranched alkanes of at least 4 members (excludes halogenated alkanes) is 1. The number of hydrogen-bond donors (Lipinski definition) is 0.